The largest absolute Gasteiger partial charge is 0.481 e. The fourth-order valence-electron chi connectivity index (χ4n) is 1.81. The zero-order valence-corrected chi connectivity index (χ0v) is 10.9. The molecule has 3 nitrogen and oxygen atoms in total. The highest BCUT2D eigenvalue weighted by Crippen LogP contribution is 2.21. The van der Waals surface area contributed by atoms with Crippen LogP contribution < -0.4 is 4.74 Å². The van der Waals surface area contributed by atoms with Crippen LogP contribution in [0.25, 0.3) is 0 Å². The minimum absolute atomic E-state index is 0.301. The number of aliphatic hydroxyl groups excluding tert-OH is 1. The molecule has 0 aliphatic heterocycles. The van der Waals surface area contributed by atoms with E-state index in [-0.39, 0.29) is 5.82 Å². The lowest BCUT2D eigenvalue weighted by Gasteiger charge is -2.12. The Hall–Kier alpha value is -1.94. The van der Waals surface area contributed by atoms with Crippen LogP contribution in [-0.4, -0.2) is 17.2 Å². The molecule has 100 valence electrons. The van der Waals surface area contributed by atoms with Gasteiger partial charge in [0, 0.05) is 18.7 Å². The number of aryl methyl sites for hydroxylation is 1. The summed E-state index contributed by atoms with van der Waals surface area (Å²) in [6.07, 6.45) is 1.29. The highest BCUT2D eigenvalue weighted by molar-refractivity contribution is 5.27. The minimum Gasteiger partial charge on any atom is -0.481 e. The lowest BCUT2D eigenvalue weighted by Crippen LogP contribution is -2.03. The lowest BCUT2D eigenvalue weighted by molar-refractivity contribution is 0.178. The fourth-order valence-corrected chi connectivity index (χ4v) is 1.81. The first-order valence-corrected chi connectivity index (χ1v) is 6.03. The molecular weight excluding hydrogens is 245 g/mol. The minimum atomic E-state index is -0.745. The normalized spacial score (nSPS) is 12.2. The number of rotatable bonds is 4. The number of methoxy groups -OCH3 is 1. The highest BCUT2D eigenvalue weighted by atomic mass is 19.1. The summed E-state index contributed by atoms with van der Waals surface area (Å²) in [6.45, 7) is 1.69. The van der Waals surface area contributed by atoms with Crippen molar-refractivity contribution < 1.29 is 14.2 Å². The van der Waals surface area contributed by atoms with Crippen molar-refractivity contribution in [3.05, 3.63) is 59.0 Å². The van der Waals surface area contributed by atoms with E-state index in [1.54, 1.807) is 38.4 Å². The number of pyridine rings is 1. The number of aliphatic hydroxyl groups is 1. The first-order valence-electron chi connectivity index (χ1n) is 6.03. The van der Waals surface area contributed by atoms with Gasteiger partial charge in [-0.2, -0.15) is 0 Å². The van der Waals surface area contributed by atoms with Crippen molar-refractivity contribution >= 4 is 0 Å². The summed E-state index contributed by atoms with van der Waals surface area (Å²) in [5.74, 6) is 0.226. The SMILES string of the molecule is COc1ccc(CC(O)c2ccc(C)c(F)c2)cn1. The van der Waals surface area contributed by atoms with Crippen LogP contribution in [0.4, 0.5) is 4.39 Å². The van der Waals surface area contributed by atoms with Gasteiger partial charge in [-0.15, -0.1) is 0 Å². The van der Waals surface area contributed by atoms with Gasteiger partial charge in [0.25, 0.3) is 0 Å². The molecule has 0 bridgehead atoms. The average Bonchev–Trinajstić information content (AvgIpc) is 2.42. The molecule has 0 spiro atoms. The van der Waals surface area contributed by atoms with Crippen LogP contribution in [0.1, 0.15) is 22.8 Å². The van der Waals surface area contributed by atoms with E-state index in [1.807, 2.05) is 6.07 Å². The van der Waals surface area contributed by atoms with E-state index in [4.69, 9.17) is 4.74 Å². The molecule has 1 unspecified atom stereocenters. The molecule has 0 aliphatic carbocycles. The van der Waals surface area contributed by atoms with Crippen LogP contribution in [0, 0.1) is 12.7 Å². The Morgan fingerprint density at radius 2 is 2.11 bits per heavy atom. The molecule has 4 heteroatoms. The van der Waals surface area contributed by atoms with Crippen LogP contribution >= 0.6 is 0 Å². The predicted molar refractivity (Wildman–Crippen MR) is 70.6 cm³/mol. The molecule has 1 aromatic carbocycles. The summed E-state index contributed by atoms with van der Waals surface area (Å²) < 4.78 is 18.4. The maximum Gasteiger partial charge on any atom is 0.212 e. The Balaban J connectivity index is 2.10. The summed E-state index contributed by atoms with van der Waals surface area (Å²) in [7, 11) is 1.55. The Morgan fingerprint density at radius 3 is 2.68 bits per heavy atom. The van der Waals surface area contributed by atoms with E-state index in [9.17, 15) is 9.50 Å². The zero-order valence-electron chi connectivity index (χ0n) is 10.9. The maximum absolute atomic E-state index is 13.4. The second-order valence-electron chi connectivity index (χ2n) is 4.44. The first kappa shape index (κ1) is 13.5. The van der Waals surface area contributed by atoms with Gasteiger partial charge in [-0.1, -0.05) is 18.2 Å². The van der Waals surface area contributed by atoms with E-state index >= 15 is 0 Å². The molecule has 1 aromatic heterocycles. The molecule has 0 fully saturated rings. The molecular formula is C15H16FNO2. The molecule has 0 saturated heterocycles. The van der Waals surface area contributed by atoms with Crippen LogP contribution in [-0.2, 0) is 6.42 Å². The zero-order chi connectivity index (χ0) is 13.8. The summed E-state index contributed by atoms with van der Waals surface area (Å²) in [5, 5.41) is 10.1. The third kappa shape index (κ3) is 3.29. The predicted octanol–water partition coefficient (Wildman–Crippen LogP) is 2.81. The van der Waals surface area contributed by atoms with Gasteiger partial charge in [-0.3, -0.25) is 0 Å². The first-order chi connectivity index (χ1) is 9.10. The summed E-state index contributed by atoms with van der Waals surface area (Å²) >= 11 is 0. The molecule has 0 radical (unpaired) electrons. The van der Waals surface area contributed by atoms with Crippen molar-refractivity contribution in [2.75, 3.05) is 7.11 Å². The van der Waals surface area contributed by atoms with Crippen molar-refractivity contribution in [3.8, 4) is 5.88 Å². The maximum atomic E-state index is 13.4. The van der Waals surface area contributed by atoms with Crippen LogP contribution in [0.5, 0.6) is 5.88 Å². The van der Waals surface area contributed by atoms with Crippen LogP contribution in [0.3, 0.4) is 0 Å². The second kappa shape index (κ2) is 5.80. The number of aromatic nitrogens is 1. The fraction of sp³-hybridized carbons (Fsp3) is 0.267. The second-order valence-corrected chi connectivity index (χ2v) is 4.44. The smallest absolute Gasteiger partial charge is 0.212 e. The number of nitrogens with zero attached hydrogens (tertiary/aromatic N) is 1. The quantitative estimate of drug-likeness (QED) is 0.920. The monoisotopic (exact) mass is 261 g/mol. The van der Waals surface area contributed by atoms with Crippen LogP contribution in [0.15, 0.2) is 36.5 Å². The number of benzene rings is 1. The van der Waals surface area contributed by atoms with Crippen molar-refractivity contribution in [2.24, 2.45) is 0 Å². The number of hydrogen-bond acceptors (Lipinski definition) is 3. The van der Waals surface area contributed by atoms with Gasteiger partial charge in [0.1, 0.15) is 5.82 Å². The standard InChI is InChI=1S/C15H16FNO2/c1-10-3-5-12(8-13(10)16)14(18)7-11-4-6-15(19-2)17-9-11/h3-6,8-9,14,18H,7H2,1-2H3. The molecule has 0 amide bonds. The van der Waals surface area contributed by atoms with Gasteiger partial charge < -0.3 is 9.84 Å². The summed E-state index contributed by atoms with van der Waals surface area (Å²) in [5.41, 5.74) is 2.01. The van der Waals surface area contributed by atoms with Gasteiger partial charge in [0.05, 0.1) is 13.2 Å². The van der Waals surface area contributed by atoms with Gasteiger partial charge in [-0.05, 0) is 29.7 Å². The number of hydrogen-bond donors (Lipinski definition) is 1. The lowest BCUT2D eigenvalue weighted by atomic mass is 10.0. The van der Waals surface area contributed by atoms with Crippen molar-refractivity contribution in [1.29, 1.82) is 0 Å². The Labute approximate surface area is 111 Å². The van der Waals surface area contributed by atoms with Gasteiger partial charge >= 0.3 is 0 Å². The molecule has 1 atom stereocenters. The van der Waals surface area contributed by atoms with Crippen molar-refractivity contribution in [3.63, 3.8) is 0 Å². The van der Waals surface area contributed by atoms with E-state index in [2.05, 4.69) is 4.98 Å². The third-order valence-corrected chi connectivity index (χ3v) is 3.02. The molecule has 1 N–H and O–H groups in total. The number of ether oxygens (including phenoxy) is 1. The average molecular weight is 261 g/mol. The van der Waals surface area contributed by atoms with E-state index in [0.29, 0.717) is 23.4 Å². The molecule has 2 aromatic rings. The van der Waals surface area contributed by atoms with Gasteiger partial charge in [-0.25, -0.2) is 9.37 Å². The van der Waals surface area contributed by atoms with Crippen molar-refractivity contribution in [1.82, 2.24) is 4.98 Å². The third-order valence-electron chi connectivity index (χ3n) is 3.02. The molecule has 0 aliphatic rings. The Bertz CT molecular complexity index is 555. The van der Waals surface area contributed by atoms with E-state index < -0.39 is 6.10 Å². The van der Waals surface area contributed by atoms with Crippen molar-refractivity contribution in [2.45, 2.75) is 19.4 Å². The van der Waals surface area contributed by atoms with E-state index in [0.717, 1.165) is 5.56 Å². The summed E-state index contributed by atoms with van der Waals surface area (Å²) in [6, 6.07) is 8.34. The number of halogens is 1. The van der Waals surface area contributed by atoms with E-state index in [1.165, 1.54) is 6.07 Å². The Morgan fingerprint density at radius 1 is 1.32 bits per heavy atom. The molecule has 19 heavy (non-hydrogen) atoms. The van der Waals surface area contributed by atoms with Gasteiger partial charge in [0.15, 0.2) is 0 Å². The molecule has 2 rings (SSSR count). The molecule has 1 heterocycles. The summed E-state index contributed by atoms with van der Waals surface area (Å²) in [4.78, 5) is 4.07. The highest BCUT2D eigenvalue weighted by Gasteiger charge is 2.11. The Kier molecular flexibility index (Phi) is 4.12. The molecule has 0 saturated carbocycles. The van der Waals surface area contributed by atoms with Crippen LogP contribution in [0.2, 0.25) is 0 Å². The topological polar surface area (TPSA) is 42.4 Å². The van der Waals surface area contributed by atoms with Gasteiger partial charge in [0.2, 0.25) is 5.88 Å².